The van der Waals surface area contributed by atoms with Crippen LogP contribution >= 0.6 is 11.8 Å². The number of carbonyl (C=O) groups excluding carboxylic acids is 1. The van der Waals surface area contributed by atoms with Crippen LogP contribution in [-0.2, 0) is 12.2 Å². The Hall–Kier alpha value is -2.93. The van der Waals surface area contributed by atoms with Gasteiger partial charge in [-0.1, -0.05) is 36.0 Å². The Balaban J connectivity index is 1.42. The van der Waals surface area contributed by atoms with Gasteiger partial charge in [0.05, 0.1) is 17.5 Å². The Bertz CT molecular complexity index is 1170. The number of aromatic nitrogens is 4. The number of benzene rings is 1. The van der Waals surface area contributed by atoms with Crippen molar-refractivity contribution in [3.05, 3.63) is 77.0 Å². The maximum Gasteiger partial charge on any atom is 0.253 e. The molecule has 0 spiro atoms. The fourth-order valence-electron chi connectivity index (χ4n) is 3.56. The van der Waals surface area contributed by atoms with E-state index < -0.39 is 0 Å². The van der Waals surface area contributed by atoms with Gasteiger partial charge in [-0.2, -0.15) is 4.98 Å². The summed E-state index contributed by atoms with van der Waals surface area (Å²) < 4.78 is 7.11. The lowest BCUT2D eigenvalue weighted by atomic mass is 9.85. The maximum absolute atomic E-state index is 12.6. The van der Waals surface area contributed by atoms with Crippen LogP contribution in [0.25, 0.3) is 5.78 Å². The Kier molecular flexibility index (Phi) is 4.24. The topological polar surface area (TPSA) is 73.3 Å². The van der Waals surface area contributed by atoms with E-state index in [0.29, 0.717) is 29.3 Å². The van der Waals surface area contributed by atoms with Crippen molar-refractivity contribution in [2.75, 3.05) is 0 Å². The summed E-state index contributed by atoms with van der Waals surface area (Å²) in [6.07, 6.45) is 4.51. The highest BCUT2D eigenvalue weighted by atomic mass is 32.2. The maximum atomic E-state index is 12.6. The number of aryl methyl sites for hydroxylation is 1. The van der Waals surface area contributed by atoms with Gasteiger partial charge in [-0.15, -0.1) is 5.10 Å². The van der Waals surface area contributed by atoms with Crippen molar-refractivity contribution in [3.8, 4) is 0 Å². The largest absolute Gasteiger partial charge is 0.469 e. The highest BCUT2D eigenvalue weighted by Crippen LogP contribution is 2.32. The molecule has 0 fully saturated rings. The van der Waals surface area contributed by atoms with Crippen LogP contribution in [0.5, 0.6) is 0 Å². The fraction of sp³-hybridized carbons (Fsp3) is 0.238. The van der Waals surface area contributed by atoms with E-state index in [2.05, 4.69) is 34.1 Å². The lowest BCUT2D eigenvalue weighted by Crippen LogP contribution is -2.21. The molecule has 0 N–H and O–H groups in total. The summed E-state index contributed by atoms with van der Waals surface area (Å²) in [6.45, 7) is 2.10. The van der Waals surface area contributed by atoms with E-state index in [-0.39, 0.29) is 11.7 Å². The number of Topliss-reactive ketones (excluding diaryl/α,β-unsaturated/α-hetero) is 1. The predicted octanol–water partition coefficient (Wildman–Crippen LogP) is 4.23. The molecule has 0 saturated carbocycles. The van der Waals surface area contributed by atoms with Gasteiger partial charge in [0.15, 0.2) is 5.78 Å². The summed E-state index contributed by atoms with van der Waals surface area (Å²) in [5.74, 6) is 2.25. The number of hydrogen-bond acceptors (Lipinski definition) is 6. The Morgan fingerprint density at radius 3 is 2.89 bits per heavy atom. The van der Waals surface area contributed by atoms with Gasteiger partial charge < -0.3 is 4.42 Å². The number of thioether (sulfide) groups is 1. The van der Waals surface area contributed by atoms with Crippen LogP contribution in [0.4, 0.5) is 0 Å². The fourth-order valence-corrected chi connectivity index (χ4v) is 4.47. The predicted molar refractivity (Wildman–Crippen MR) is 106 cm³/mol. The molecule has 0 saturated heterocycles. The number of fused-ring (bicyclic) bond motifs is 2. The third kappa shape index (κ3) is 3.11. The highest BCUT2D eigenvalue weighted by Gasteiger charge is 2.30. The molecule has 3 heterocycles. The Labute approximate surface area is 166 Å². The van der Waals surface area contributed by atoms with E-state index in [4.69, 9.17) is 4.42 Å². The van der Waals surface area contributed by atoms with Gasteiger partial charge in [0.2, 0.25) is 5.16 Å². The Morgan fingerprint density at radius 2 is 2.07 bits per heavy atom. The molecule has 0 radical (unpaired) electrons. The summed E-state index contributed by atoms with van der Waals surface area (Å²) in [7, 11) is 0. The van der Waals surface area contributed by atoms with E-state index in [0.717, 1.165) is 17.2 Å². The van der Waals surface area contributed by atoms with Crippen LogP contribution in [-0.4, -0.2) is 25.4 Å². The number of carbonyl (C=O) groups is 1. The van der Waals surface area contributed by atoms with Crippen LogP contribution in [0.1, 0.15) is 45.3 Å². The number of ketones is 1. The van der Waals surface area contributed by atoms with Crippen molar-refractivity contribution < 1.29 is 9.21 Å². The van der Waals surface area contributed by atoms with Gasteiger partial charge in [0.1, 0.15) is 5.76 Å². The molecule has 140 valence electrons. The van der Waals surface area contributed by atoms with Crippen LogP contribution < -0.4 is 0 Å². The molecule has 0 bridgehead atoms. The average molecular weight is 390 g/mol. The molecule has 3 aromatic heterocycles. The summed E-state index contributed by atoms with van der Waals surface area (Å²) in [5, 5.41) is 5.16. The second-order valence-corrected chi connectivity index (χ2v) is 7.94. The van der Waals surface area contributed by atoms with Crippen molar-refractivity contribution in [2.45, 2.75) is 36.6 Å². The van der Waals surface area contributed by atoms with E-state index in [9.17, 15) is 4.79 Å². The summed E-state index contributed by atoms with van der Waals surface area (Å²) in [6, 6.07) is 12.1. The molecule has 1 aliphatic rings. The average Bonchev–Trinajstić information content (AvgIpc) is 3.35. The van der Waals surface area contributed by atoms with Crippen molar-refractivity contribution in [2.24, 2.45) is 0 Å². The molecule has 1 aromatic carbocycles. The molecule has 1 atom stereocenters. The molecule has 1 aliphatic carbocycles. The van der Waals surface area contributed by atoms with Crippen molar-refractivity contribution >= 4 is 23.3 Å². The zero-order valence-corrected chi connectivity index (χ0v) is 16.1. The third-order valence-corrected chi connectivity index (χ3v) is 6.01. The minimum absolute atomic E-state index is 0.0303. The minimum Gasteiger partial charge on any atom is -0.469 e. The van der Waals surface area contributed by atoms with Crippen molar-refractivity contribution in [1.29, 1.82) is 0 Å². The lowest BCUT2D eigenvalue weighted by Gasteiger charge is -2.20. The number of rotatable bonds is 4. The first kappa shape index (κ1) is 17.2. The molecule has 0 aliphatic heterocycles. The molecular formula is C21H18N4O2S. The summed E-state index contributed by atoms with van der Waals surface area (Å²) in [4.78, 5) is 21.8. The second kappa shape index (κ2) is 6.91. The van der Waals surface area contributed by atoms with Crippen LogP contribution in [0.3, 0.4) is 0 Å². The normalized spacial score (nSPS) is 16.5. The van der Waals surface area contributed by atoms with E-state index in [1.54, 1.807) is 28.7 Å². The lowest BCUT2D eigenvalue weighted by molar-refractivity contribution is 0.0958. The van der Waals surface area contributed by atoms with Gasteiger partial charge in [-0.3, -0.25) is 4.79 Å². The van der Waals surface area contributed by atoms with E-state index in [1.807, 2.05) is 24.3 Å². The molecule has 5 rings (SSSR count). The van der Waals surface area contributed by atoms with Gasteiger partial charge in [-0.05, 0) is 30.2 Å². The molecule has 28 heavy (non-hydrogen) atoms. The quantitative estimate of drug-likeness (QED) is 0.486. The molecule has 4 aromatic rings. The first-order valence-electron chi connectivity index (χ1n) is 9.17. The van der Waals surface area contributed by atoms with Crippen molar-refractivity contribution in [3.63, 3.8) is 0 Å². The SMILES string of the molecule is Cc1ccccc1CSc1nc2nc3c(cn2n1)C(=O)C[C@H](c1ccco1)C3. The van der Waals surface area contributed by atoms with Gasteiger partial charge >= 0.3 is 0 Å². The zero-order chi connectivity index (χ0) is 19.1. The molecule has 6 nitrogen and oxygen atoms in total. The van der Waals surface area contributed by atoms with Gasteiger partial charge in [-0.25, -0.2) is 9.50 Å². The standard InChI is InChI=1S/C21H18N4O2S/c1-13-5-2-3-6-14(13)12-28-21-23-20-22-17-9-15(19-7-4-8-27-19)10-18(26)16(17)11-25(20)24-21/h2-8,11,15H,9-10,12H2,1H3/t15-/m1/s1. The molecule has 0 amide bonds. The summed E-state index contributed by atoms with van der Waals surface area (Å²) >= 11 is 1.57. The number of furan rings is 1. The van der Waals surface area contributed by atoms with Crippen LogP contribution in [0.2, 0.25) is 0 Å². The number of nitrogens with zero attached hydrogens (tertiary/aromatic N) is 4. The van der Waals surface area contributed by atoms with E-state index >= 15 is 0 Å². The monoisotopic (exact) mass is 390 g/mol. The highest BCUT2D eigenvalue weighted by molar-refractivity contribution is 7.98. The first-order valence-corrected chi connectivity index (χ1v) is 10.2. The second-order valence-electron chi connectivity index (χ2n) is 7.00. The first-order chi connectivity index (χ1) is 13.7. The van der Waals surface area contributed by atoms with Gasteiger partial charge in [0.25, 0.3) is 5.78 Å². The van der Waals surface area contributed by atoms with Crippen LogP contribution in [0.15, 0.2) is 58.4 Å². The molecule has 0 unspecified atom stereocenters. The minimum atomic E-state index is 0.0303. The van der Waals surface area contributed by atoms with E-state index in [1.165, 1.54) is 11.1 Å². The third-order valence-electron chi connectivity index (χ3n) is 5.13. The Morgan fingerprint density at radius 1 is 1.18 bits per heavy atom. The van der Waals surface area contributed by atoms with Crippen molar-refractivity contribution in [1.82, 2.24) is 19.6 Å². The van der Waals surface area contributed by atoms with Gasteiger partial charge in [0, 0.05) is 30.7 Å². The summed E-state index contributed by atoms with van der Waals surface area (Å²) in [5.41, 5.74) is 3.92. The smallest absolute Gasteiger partial charge is 0.253 e. The van der Waals surface area contributed by atoms with Crippen LogP contribution in [0, 0.1) is 6.92 Å². The number of hydrogen-bond donors (Lipinski definition) is 0. The molecule has 7 heteroatoms. The zero-order valence-electron chi connectivity index (χ0n) is 15.3. The molecular weight excluding hydrogens is 372 g/mol.